The Labute approximate surface area is 43.1 Å². The van der Waals surface area contributed by atoms with Crippen LogP contribution < -0.4 is 0 Å². The van der Waals surface area contributed by atoms with Crippen LogP contribution in [-0.4, -0.2) is 23.7 Å². The molecule has 0 aromatic rings. The molecule has 0 aromatic carbocycles. The van der Waals surface area contributed by atoms with E-state index in [1.165, 1.54) is 0 Å². The van der Waals surface area contributed by atoms with Crippen LogP contribution in [0.25, 0.3) is 0 Å². The average molecular weight is 208 g/mol. The van der Waals surface area contributed by atoms with E-state index in [1.54, 1.807) is 0 Å². The van der Waals surface area contributed by atoms with Gasteiger partial charge in [0.15, 0.2) is 0 Å². The molecule has 0 bridgehead atoms. The smallest absolute Gasteiger partial charge is 0 e. The van der Waals surface area contributed by atoms with Crippen molar-refractivity contribution in [2.75, 3.05) is 0 Å². The van der Waals surface area contributed by atoms with Gasteiger partial charge < -0.3 is 0 Å². The Morgan fingerprint density at radius 3 is 0.400 bits per heavy atom. The molecule has 0 saturated heterocycles. The molecule has 0 unspecified atom stereocenters. The summed E-state index contributed by atoms with van der Waals surface area (Å²) < 4.78 is 0. The third-order valence-electron chi connectivity index (χ3n) is 0. The molecule has 0 saturated carbocycles. The first kappa shape index (κ1) is 431. The van der Waals surface area contributed by atoms with Gasteiger partial charge in [0, 0.05) is 23.7 Å². The van der Waals surface area contributed by atoms with Crippen molar-refractivity contribution in [2.45, 2.75) is 0 Å². The first-order valence-electron chi connectivity index (χ1n) is 0. The molecule has 2 radical (unpaired) electrons. The van der Waals surface area contributed by atoms with Gasteiger partial charge in [-0.3, -0.25) is 18.8 Å². The van der Waals surface area contributed by atoms with Crippen LogP contribution in [0, 0.1) is 0 Å². The van der Waals surface area contributed by atoms with Gasteiger partial charge in [0.2, 0.25) is 0 Å². The van der Waals surface area contributed by atoms with Crippen molar-refractivity contribution in [2.24, 2.45) is 0 Å². The van der Waals surface area contributed by atoms with E-state index in [2.05, 4.69) is 0 Å². The minimum atomic E-state index is 0. The van der Waals surface area contributed by atoms with Gasteiger partial charge in [-0.15, -0.1) is 0 Å². The molecule has 5 heavy (non-hydrogen) atoms. The fraction of sp³-hybridized carbons (Fsp3) is 0. The first-order chi connectivity index (χ1) is 0. The van der Waals surface area contributed by atoms with Gasteiger partial charge in [-0.1, -0.05) is 0 Å². The van der Waals surface area contributed by atoms with Gasteiger partial charge in [-0.2, -0.15) is 0 Å². The van der Waals surface area contributed by atoms with Crippen LogP contribution in [0.4, 0.5) is 18.8 Å². The SMILES string of the molecule is F.F.F.F.[Te]. The topological polar surface area (TPSA) is 0 Å². The molecule has 38 valence electrons. The van der Waals surface area contributed by atoms with Crippen LogP contribution in [0.3, 0.4) is 0 Å². The quantitative estimate of drug-likeness (QED) is 0.394. The summed E-state index contributed by atoms with van der Waals surface area (Å²) in [7, 11) is 0. The van der Waals surface area contributed by atoms with E-state index >= 15 is 0 Å². The molecule has 0 rings (SSSR count). The number of hydrogen-bond acceptors (Lipinski definition) is 0. The largest absolute Gasteiger partial charge is 0.269 e. The predicted molar refractivity (Wildman–Crippen MR) is 15.8 cm³/mol. The minimum absolute atomic E-state index is 0. The fourth-order valence-corrected chi connectivity index (χ4v) is 0. The minimum Gasteiger partial charge on any atom is -0.269 e. The second-order valence-corrected chi connectivity index (χ2v) is 0. The molecule has 0 atom stereocenters. The van der Waals surface area contributed by atoms with Gasteiger partial charge in [-0.25, -0.2) is 0 Å². The van der Waals surface area contributed by atoms with Gasteiger partial charge >= 0.3 is 0 Å². The van der Waals surface area contributed by atoms with Crippen LogP contribution in [0.5, 0.6) is 0 Å². The van der Waals surface area contributed by atoms with Crippen molar-refractivity contribution in [3.05, 3.63) is 0 Å². The molecular formula is H4F4Te. The molecule has 0 fully saturated rings. The predicted octanol–water partition coefficient (Wildman–Crippen LogP) is 0.229. The van der Waals surface area contributed by atoms with Crippen LogP contribution in [-0.2, 0) is 0 Å². The van der Waals surface area contributed by atoms with Crippen molar-refractivity contribution in [3.8, 4) is 0 Å². The number of hydrogen-bond donors (Lipinski definition) is 0. The maximum atomic E-state index is 0. The molecule has 0 nitrogen and oxygen atoms in total. The summed E-state index contributed by atoms with van der Waals surface area (Å²) in [5.41, 5.74) is 0. The van der Waals surface area contributed by atoms with E-state index in [4.69, 9.17) is 0 Å². The summed E-state index contributed by atoms with van der Waals surface area (Å²) in [6.07, 6.45) is 0. The standard InChI is InChI=1S/4FH.Te/h4*1H;. The maximum Gasteiger partial charge on any atom is 0 e. The zero-order valence-corrected chi connectivity index (χ0v) is 4.37. The van der Waals surface area contributed by atoms with Crippen molar-refractivity contribution in [1.29, 1.82) is 0 Å². The summed E-state index contributed by atoms with van der Waals surface area (Å²) >= 11 is 0. The molecule has 0 amide bonds. The molecule has 5 heteroatoms. The van der Waals surface area contributed by atoms with Gasteiger partial charge in [-0.05, 0) is 0 Å². The van der Waals surface area contributed by atoms with Crippen LogP contribution >= 0.6 is 0 Å². The summed E-state index contributed by atoms with van der Waals surface area (Å²) in [4.78, 5) is 0. The fourth-order valence-electron chi connectivity index (χ4n) is 0. The molecule has 0 aliphatic carbocycles. The monoisotopic (exact) mass is 210 g/mol. The average Bonchev–Trinajstić information content (AvgIpc) is 0. The van der Waals surface area contributed by atoms with Crippen LogP contribution in [0.2, 0.25) is 0 Å². The van der Waals surface area contributed by atoms with Crippen molar-refractivity contribution in [1.82, 2.24) is 0 Å². The van der Waals surface area contributed by atoms with Crippen molar-refractivity contribution < 1.29 is 18.8 Å². The van der Waals surface area contributed by atoms with Gasteiger partial charge in [0.05, 0.1) is 0 Å². The Morgan fingerprint density at radius 2 is 0.400 bits per heavy atom. The normalized spacial score (nSPS) is 0. The van der Waals surface area contributed by atoms with E-state index in [-0.39, 0.29) is 42.5 Å². The number of halogens is 4. The third kappa shape index (κ3) is 109. The molecule has 0 aromatic heterocycles. The number of rotatable bonds is 0. The summed E-state index contributed by atoms with van der Waals surface area (Å²) in [5.74, 6) is 0. The third-order valence-corrected chi connectivity index (χ3v) is 0. The molecule has 0 spiro atoms. The Balaban J connectivity index is 0. The van der Waals surface area contributed by atoms with E-state index in [0.29, 0.717) is 0 Å². The molecule has 0 heterocycles. The second kappa shape index (κ2) is 214. The van der Waals surface area contributed by atoms with E-state index < -0.39 is 0 Å². The van der Waals surface area contributed by atoms with E-state index in [9.17, 15) is 0 Å². The van der Waals surface area contributed by atoms with Crippen molar-refractivity contribution >= 4 is 23.7 Å². The Bertz CT molecular complexity index is 3.61. The maximum absolute atomic E-state index is 0. The van der Waals surface area contributed by atoms with E-state index in [0.717, 1.165) is 0 Å². The Morgan fingerprint density at radius 1 is 0.400 bits per heavy atom. The van der Waals surface area contributed by atoms with Gasteiger partial charge in [0.25, 0.3) is 0 Å². The molecule has 0 N–H and O–H groups in total. The van der Waals surface area contributed by atoms with E-state index in [1.807, 2.05) is 0 Å². The first-order valence-corrected chi connectivity index (χ1v) is 0. The second-order valence-electron chi connectivity index (χ2n) is 0. The van der Waals surface area contributed by atoms with Gasteiger partial charge in [0.1, 0.15) is 0 Å². The Hall–Kier alpha value is 0.510. The van der Waals surface area contributed by atoms with Crippen LogP contribution in [0.15, 0.2) is 0 Å². The summed E-state index contributed by atoms with van der Waals surface area (Å²) in [6, 6.07) is 0. The summed E-state index contributed by atoms with van der Waals surface area (Å²) in [6.45, 7) is 0. The zero-order valence-electron chi connectivity index (χ0n) is 2.04. The molecule has 0 aliphatic heterocycles. The van der Waals surface area contributed by atoms with Crippen molar-refractivity contribution in [3.63, 3.8) is 0 Å². The molecular weight excluding hydrogens is 204 g/mol. The Kier molecular flexibility index (Phi) is 18500. The summed E-state index contributed by atoms with van der Waals surface area (Å²) in [5, 5.41) is 0. The molecule has 0 aliphatic rings. The van der Waals surface area contributed by atoms with Crippen LogP contribution in [0.1, 0.15) is 0 Å². The zero-order chi connectivity index (χ0) is 0.